The highest BCUT2D eigenvalue weighted by Crippen LogP contribution is 2.40. The molecule has 4 atom stereocenters. The van der Waals surface area contributed by atoms with Gasteiger partial charge in [0.2, 0.25) is 11.8 Å². The summed E-state index contributed by atoms with van der Waals surface area (Å²) in [6.07, 6.45) is 5.19. The minimum absolute atomic E-state index is 0.0246. The molecule has 0 spiro atoms. The fourth-order valence-electron chi connectivity index (χ4n) is 3.70. The van der Waals surface area contributed by atoms with E-state index >= 15 is 0 Å². The first-order chi connectivity index (χ1) is 8.18. The maximum absolute atomic E-state index is 12.1. The van der Waals surface area contributed by atoms with Gasteiger partial charge in [-0.3, -0.25) is 14.5 Å². The van der Waals surface area contributed by atoms with Crippen molar-refractivity contribution in [3.63, 3.8) is 0 Å². The number of likely N-dealkylation sites (tertiary alicyclic amines) is 1. The van der Waals surface area contributed by atoms with Crippen LogP contribution >= 0.6 is 0 Å². The van der Waals surface area contributed by atoms with Crippen LogP contribution in [-0.2, 0) is 9.59 Å². The average molecular weight is 237 g/mol. The molecule has 1 heterocycles. The highest BCUT2D eigenvalue weighted by Gasteiger charge is 2.50. The molecule has 4 nitrogen and oxygen atoms in total. The number of aliphatic hydroxyl groups excluding tert-OH is 1. The lowest BCUT2D eigenvalue weighted by Crippen LogP contribution is -2.38. The standard InChI is InChI=1S/C13H19NO3/c15-11-6-1-3-8(11)7-14-12(16)9-4-2-5-10(9)13(14)17/h8-11,15H,1-7H2. The van der Waals surface area contributed by atoms with E-state index in [1.54, 1.807) is 0 Å². The summed E-state index contributed by atoms with van der Waals surface area (Å²) in [6.45, 7) is 0.450. The Labute approximate surface area is 101 Å². The molecule has 0 aromatic rings. The van der Waals surface area contributed by atoms with Crippen LogP contribution in [0.25, 0.3) is 0 Å². The molecule has 4 unspecified atom stereocenters. The van der Waals surface area contributed by atoms with Crippen molar-refractivity contribution >= 4 is 11.8 Å². The van der Waals surface area contributed by atoms with Crippen molar-refractivity contribution in [3.05, 3.63) is 0 Å². The zero-order valence-corrected chi connectivity index (χ0v) is 9.97. The zero-order chi connectivity index (χ0) is 12.0. The van der Waals surface area contributed by atoms with Crippen LogP contribution in [0, 0.1) is 17.8 Å². The maximum Gasteiger partial charge on any atom is 0.233 e. The van der Waals surface area contributed by atoms with Gasteiger partial charge in [0.05, 0.1) is 17.9 Å². The Kier molecular flexibility index (Phi) is 2.69. The third kappa shape index (κ3) is 1.69. The smallest absolute Gasteiger partial charge is 0.233 e. The minimum Gasteiger partial charge on any atom is -0.393 e. The van der Waals surface area contributed by atoms with Gasteiger partial charge in [0.15, 0.2) is 0 Å². The molecular weight excluding hydrogens is 218 g/mol. The van der Waals surface area contributed by atoms with E-state index < -0.39 is 0 Å². The number of carbonyl (C=O) groups is 2. The molecular formula is C13H19NO3. The van der Waals surface area contributed by atoms with Crippen LogP contribution in [0.15, 0.2) is 0 Å². The SMILES string of the molecule is O=C1C2CCCC2C(=O)N1CC1CCCC1O. The van der Waals surface area contributed by atoms with Gasteiger partial charge in [0.1, 0.15) is 0 Å². The lowest BCUT2D eigenvalue weighted by molar-refractivity contribution is -0.141. The van der Waals surface area contributed by atoms with Crippen molar-refractivity contribution in [1.29, 1.82) is 0 Å². The normalized spacial score (nSPS) is 41.4. The number of fused-ring (bicyclic) bond motifs is 1. The molecule has 2 saturated carbocycles. The van der Waals surface area contributed by atoms with E-state index in [0.717, 1.165) is 38.5 Å². The average Bonchev–Trinajstić information content (AvgIpc) is 2.97. The van der Waals surface area contributed by atoms with Crippen LogP contribution < -0.4 is 0 Å². The Morgan fingerprint density at radius 3 is 2.12 bits per heavy atom. The molecule has 94 valence electrons. The Morgan fingerprint density at radius 1 is 1.00 bits per heavy atom. The summed E-state index contributed by atoms with van der Waals surface area (Å²) in [4.78, 5) is 25.7. The van der Waals surface area contributed by atoms with Crippen LogP contribution in [0.3, 0.4) is 0 Å². The van der Waals surface area contributed by atoms with Crippen molar-refractivity contribution in [2.24, 2.45) is 17.8 Å². The van der Waals surface area contributed by atoms with Gasteiger partial charge in [-0.15, -0.1) is 0 Å². The molecule has 4 heteroatoms. The number of imide groups is 1. The number of hydrogen-bond acceptors (Lipinski definition) is 3. The monoisotopic (exact) mass is 237 g/mol. The summed E-state index contributed by atoms with van der Waals surface area (Å²) in [6, 6.07) is 0. The van der Waals surface area contributed by atoms with Crippen molar-refractivity contribution in [3.8, 4) is 0 Å². The first-order valence-corrected chi connectivity index (χ1v) is 6.72. The van der Waals surface area contributed by atoms with Crippen LogP contribution in [0.2, 0.25) is 0 Å². The quantitative estimate of drug-likeness (QED) is 0.727. The molecule has 3 fully saturated rings. The largest absolute Gasteiger partial charge is 0.393 e. The number of aliphatic hydroxyl groups is 1. The second-order valence-corrected chi connectivity index (χ2v) is 5.69. The summed E-state index contributed by atoms with van der Waals surface area (Å²) in [5, 5.41) is 9.78. The molecule has 1 N–H and O–H groups in total. The first-order valence-electron chi connectivity index (χ1n) is 6.72. The van der Waals surface area contributed by atoms with Gasteiger partial charge in [-0.05, 0) is 25.7 Å². The topological polar surface area (TPSA) is 57.6 Å². The van der Waals surface area contributed by atoms with Crippen molar-refractivity contribution < 1.29 is 14.7 Å². The molecule has 0 aromatic heterocycles. The van der Waals surface area contributed by atoms with Crippen LogP contribution in [0.4, 0.5) is 0 Å². The predicted molar refractivity (Wildman–Crippen MR) is 60.9 cm³/mol. The molecule has 2 aliphatic carbocycles. The number of hydrogen-bond donors (Lipinski definition) is 1. The van der Waals surface area contributed by atoms with Gasteiger partial charge in [-0.2, -0.15) is 0 Å². The minimum atomic E-state index is -0.323. The zero-order valence-electron chi connectivity index (χ0n) is 9.97. The first kappa shape index (κ1) is 11.2. The third-order valence-electron chi connectivity index (χ3n) is 4.72. The maximum atomic E-state index is 12.1. The van der Waals surface area contributed by atoms with Crippen molar-refractivity contribution in [2.45, 2.75) is 44.6 Å². The number of carbonyl (C=O) groups excluding carboxylic acids is 2. The highest BCUT2D eigenvalue weighted by molar-refractivity contribution is 6.05. The fraction of sp³-hybridized carbons (Fsp3) is 0.846. The van der Waals surface area contributed by atoms with E-state index in [0.29, 0.717) is 6.54 Å². The molecule has 0 bridgehead atoms. The fourth-order valence-corrected chi connectivity index (χ4v) is 3.70. The summed E-state index contributed by atoms with van der Waals surface area (Å²) < 4.78 is 0. The summed E-state index contributed by atoms with van der Waals surface area (Å²) in [7, 11) is 0. The molecule has 3 aliphatic rings. The van der Waals surface area contributed by atoms with Crippen LogP contribution in [-0.4, -0.2) is 34.5 Å². The highest BCUT2D eigenvalue weighted by atomic mass is 16.3. The molecule has 0 aromatic carbocycles. The Morgan fingerprint density at radius 2 is 1.59 bits per heavy atom. The Hall–Kier alpha value is -0.900. The van der Waals surface area contributed by atoms with Crippen molar-refractivity contribution in [2.75, 3.05) is 6.54 Å². The lowest BCUT2D eigenvalue weighted by Gasteiger charge is -2.22. The molecule has 0 radical (unpaired) electrons. The van der Waals surface area contributed by atoms with Gasteiger partial charge >= 0.3 is 0 Å². The molecule has 2 amide bonds. The van der Waals surface area contributed by atoms with E-state index in [2.05, 4.69) is 0 Å². The molecule has 1 aliphatic heterocycles. The predicted octanol–water partition coefficient (Wildman–Crippen LogP) is 0.933. The van der Waals surface area contributed by atoms with Gasteiger partial charge in [0, 0.05) is 12.5 Å². The number of rotatable bonds is 2. The second kappa shape index (κ2) is 4.09. The summed E-state index contributed by atoms with van der Waals surface area (Å²) >= 11 is 0. The van der Waals surface area contributed by atoms with E-state index in [1.165, 1.54) is 4.90 Å². The van der Waals surface area contributed by atoms with E-state index in [4.69, 9.17) is 0 Å². The summed E-state index contributed by atoms with van der Waals surface area (Å²) in [5.41, 5.74) is 0. The van der Waals surface area contributed by atoms with E-state index in [9.17, 15) is 14.7 Å². The summed E-state index contributed by atoms with van der Waals surface area (Å²) in [5.74, 6) is 0.0806. The number of nitrogens with zero attached hydrogens (tertiary/aromatic N) is 1. The lowest BCUT2D eigenvalue weighted by atomic mass is 10.00. The molecule has 3 rings (SSSR count). The van der Waals surface area contributed by atoms with Gasteiger partial charge in [-0.1, -0.05) is 12.8 Å². The molecule has 17 heavy (non-hydrogen) atoms. The second-order valence-electron chi connectivity index (χ2n) is 5.69. The van der Waals surface area contributed by atoms with Crippen LogP contribution in [0.5, 0.6) is 0 Å². The van der Waals surface area contributed by atoms with Crippen molar-refractivity contribution in [1.82, 2.24) is 4.90 Å². The Balaban J connectivity index is 1.71. The van der Waals surface area contributed by atoms with Crippen LogP contribution in [0.1, 0.15) is 38.5 Å². The molecule has 1 saturated heterocycles. The van der Waals surface area contributed by atoms with Gasteiger partial charge < -0.3 is 5.11 Å². The van der Waals surface area contributed by atoms with Gasteiger partial charge in [-0.25, -0.2) is 0 Å². The number of amides is 2. The Bertz CT molecular complexity index is 333. The van der Waals surface area contributed by atoms with E-state index in [-0.39, 0.29) is 35.7 Å². The third-order valence-corrected chi connectivity index (χ3v) is 4.72. The van der Waals surface area contributed by atoms with E-state index in [1.807, 2.05) is 0 Å². The van der Waals surface area contributed by atoms with Gasteiger partial charge in [0.25, 0.3) is 0 Å².